The van der Waals surface area contributed by atoms with Gasteiger partial charge >= 0.3 is 0 Å². The molecule has 32 heavy (non-hydrogen) atoms. The standard InChI is InChI=1S/C22H24N6O3S/c1-2-22(29)24-18-3-5-19(6-4-18)32(30,31)28-15-13-27(14-16-28)21-8-7-20(25-26-21)17-9-11-23-12-10-17/h3-12H,2,13-16H2,1H3,(H,24,29). The third kappa shape index (κ3) is 4.76. The quantitative estimate of drug-likeness (QED) is 0.612. The molecule has 0 unspecified atom stereocenters. The van der Waals surface area contributed by atoms with Crippen molar-refractivity contribution in [2.24, 2.45) is 0 Å². The summed E-state index contributed by atoms with van der Waals surface area (Å²) < 4.78 is 27.5. The number of carbonyl (C=O) groups is 1. The van der Waals surface area contributed by atoms with E-state index in [2.05, 4.69) is 20.5 Å². The molecule has 1 aliphatic rings. The molecule has 0 aliphatic carbocycles. The molecule has 1 aromatic carbocycles. The van der Waals surface area contributed by atoms with Crippen LogP contribution in [0.5, 0.6) is 0 Å². The van der Waals surface area contributed by atoms with Crippen molar-refractivity contribution in [1.29, 1.82) is 0 Å². The van der Waals surface area contributed by atoms with Gasteiger partial charge in [0, 0.05) is 56.2 Å². The first kappa shape index (κ1) is 21.8. The predicted molar refractivity (Wildman–Crippen MR) is 122 cm³/mol. The molecule has 0 radical (unpaired) electrons. The smallest absolute Gasteiger partial charge is 0.243 e. The molecular formula is C22H24N6O3S. The molecule has 0 atom stereocenters. The summed E-state index contributed by atoms with van der Waals surface area (Å²) in [6, 6.07) is 13.8. The Hall–Kier alpha value is -3.37. The van der Waals surface area contributed by atoms with Gasteiger partial charge in [-0.2, -0.15) is 4.31 Å². The van der Waals surface area contributed by atoms with E-state index < -0.39 is 10.0 Å². The highest BCUT2D eigenvalue weighted by Crippen LogP contribution is 2.22. The minimum atomic E-state index is -3.61. The van der Waals surface area contributed by atoms with Crippen molar-refractivity contribution in [3.63, 3.8) is 0 Å². The van der Waals surface area contributed by atoms with Gasteiger partial charge in [0.25, 0.3) is 0 Å². The van der Waals surface area contributed by atoms with Crippen LogP contribution in [0, 0.1) is 0 Å². The second kappa shape index (κ2) is 9.41. The second-order valence-electron chi connectivity index (χ2n) is 7.33. The molecule has 9 nitrogen and oxygen atoms in total. The first-order valence-electron chi connectivity index (χ1n) is 10.4. The van der Waals surface area contributed by atoms with Gasteiger partial charge in [0.15, 0.2) is 5.82 Å². The third-order valence-corrected chi connectivity index (χ3v) is 7.20. The van der Waals surface area contributed by atoms with Crippen LogP contribution < -0.4 is 10.2 Å². The molecule has 3 aromatic rings. The average Bonchev–Trinajstić information content (AvgIpc) is 2.85. The number of pyridine rings is 1. The molecule has 3 heterocycles. The first-order valence-corrected chi connectivity index (χ1v) is 11.8. The van der Waals surface area contributed by atoms with Crippen molar-refractivity contribution in [1.82, 2.24) is 19.5 Å². The molecule has 0 spiro atoms. The predicted octanol–water partition coefficient (Wildman–Crippen LogP) is 2.40. The van der Waals surface area contributed by atoms with Crippen LogP contribution in [0.15, 0.2) is 65.8 Å². The number of nitrogens with zero attached hydrogens (tertiary/aromatic N) is 5. The number of hydrogen-bond acceptors (Lipinski definition) is 7. The van der Waals surface area contributed by atoms with Crippen LogP contribution in [-0.4, -0.2) is 60.0 Å². The number of amides is 1. The van der Waals surface area contributed by atoms with E-state index in [-0.39, 0.29) is 10.8 Å². The van der Waals surface area contributed by atoms with Gasteiger partial charge in [-0.05, 0) is 48.5 Å². The van der Waals surface area contributed by atoms with Crippen LogP contribution in [0.25, 0.3) is 11.3 Å². The van der Waals surface area contributed by atoms with Crippen LogP contribution in [-0.2, 0) is 14.8 Å². The number of nitrogens with one attached hydrogen (secondary N) is 1. The van der Waals surface area contributed by atoms with Crippen molar-refractivity contribution in [3.8, 4) is 11.3 Å². The van der Waals surface area contributed by atoms with Gasteiger partial charge < -0.3 is 10.2 Å². The van der Waals surface area contributed by atoms with Gasteiger partial charge in [-0.25, -0.2) is 8.42 Å². The molecule has 0 saturated carbocycles. The number of carbonyl (C=O) groups excluding carboxylic acids is 1. The number of benzene rings is 1. The summed E-state index contributed by atoms with van der Waals surface area (Å²) in [5.74, 6) is 0.601. The van der Waals surface area contributed by atoms with Gasteiger partial charge in [-0.1, -0.05) is 6.92 Å². The Labute approximate surface area is 187 Å². The Kier molecular flexibility index (Phi) is 6.42. The summed E-state index contributed by atoms with van der Waals surface area (Å²) in [4.78, 5) is 17.7. The summed E-state index contributed by atoms with van der Waals surface area (Å²) in [5.41, 5.74) is 2.28. The zero-order valence-electron chi connectivity index (χ0n) is 17.7. The maximum atomic E-state index is 13.0. The van der Waals surface area contributed by atoms with Crippen molar-refractivity contribution >= 4 is 27.4 Å². The van der Waals surface area contributed by atoms with Crippen LogP contribution in [0.3, 0.4) is 0 Å². The minimum absolute atomic E-state index is 0.117. The Morgan fingerprint density at radius 3 is 2.22 bits per heavy atom. The molecule has 4 rings (SSSR count). The van der Waals surface area contributed by atoms with Gasteiger partial charge in [0.05, 0.1) is 10.6 Å². The molecule has 1 amide bonds. The van der Waals surface area contributed by atoms with Gasteiger partial charge in [-0.3, -0.25) is 9.78 Å². The van der Waals surface area contributed by atoms with E-state index in [0.717, 1.165) is 17.1 Å². The fraction of sp³-hybridized carbons (Fsp3) is 0.273. The van der Waals surface area contributed by atoms with Gasteiger partial charge in [-0.15, -0.1) is 10.2 Å². The van der Waals surface area contributed by atoms with Crippen LogP contribution in [0.4, 0.5) is 11.5 Å². The zero-order valence-corrected chi connectivity index (χ0v) is 18.5. The SMILES string of the molecule is CCC(=O)Nc1ccc(S(=O)(=O)N2CCN(c3ccc(-c4ccncc4)nn3)CC2)cc1. The summed E-state index contributed by atoms with van der Waals surface area (Å²) in [6.07, 6.45) is 3.78. The Morgan fingerprint density at radius 1 is 0.938 bits per heavy atom. The number of sulfonamides is 1. The third-order valence-electron chi connectivity index (χ3n) is 5.29. The van der Waals surface area contributed by atoms with Crippen molar-refractivity contribution in [2.75, 3.05) is 36.4 Å². The molecule has 1 aliphatic heterocycles. The van der Waals surface area contributed by atoms with E-state index >= 15 is 0 Å². The highest BCUT2D eigenvalue weighted by molar-refractivity contribution is 7.89. The largest absolute Gasteiger partial charge is 0.352 e. The number of anilines is 2. The normalized spacial score (nSPS) is 14.8. The number of rotatable bonds is 6. The van der Waals surface area contributed by atoms with E-state index in [9.17, 15) is 13.2 Å². The van der Waals surface area contributed by atoms with E-state index in [1.807, 2.05) is 29.2 Å². The molecule has 10 heteroatoms. The Bertz CT molecular complexity index is 1160. The lowest BCUT2D eigenvalue weighted by molar-refractivity contribution is -0.115. The Morgan fingerprint density at radius 2 is 1.62 bits per heavy atom. The molecule has 166 valence electrons. The summed E-state index contributed by atoms with van der Waals surface area (Å²) in [5, 5.41) is 11.3. The van der Waals surface area contributed by atoms with Crippen LogP contribution in [0.2, 0.25) is 0 Å². The maximum absolute atomic E-state index is 13.0. The lowest BCUT2D eigenvalue weighted by Crippen LogP contribution is -2.49. The number of piperazine rings is 1. The highest BCUT2D eigenvalue weighted by atomic mass is 32.2. The molecule has 1 N–H and O–H groups in total. The van der Waals surface area contributed by atoms with Gasteiger partial charge in [0.1, 0.15) is 0 Å². The van der Waals surface area contributed by atoms with E-state index in [1.165, 1.54) is 16.4 Å². The summed E-state index contributed by atoms with van der Waals surface area (Å²) >= 11 is 0. The molecule has 0 bridgehead atoms. The molecule has 2 aromatic heterocycles. The van der Waals surface area contributed by atoms with Crippen molar-refractivity contribution < 1.29 is 13.2 Å². The average molecular weight is 453 g/mol. The van der Waals surface area contributed by atoms with Crippen molar-refractivity contribution in [3.05, 3.63) is 60.9 Å². The lowest BCUT2D eigenvalue weighted by atomic mass is 10.2. The fourth-order valence-electron chi connectivity index (χ4n) is 3.44. The van der Waals surface area contributed by atoms with Crippen LogP contribution >= 0.6 is 0 Å². The number of aromatic nitrogens is 3. The van der Waals surface area contributed by atoms with Crippen molar-refractivity contribution in [2.45, 2.75) is 18.2 Å². The summed E-state index contributed by atoms with van der Waals surface area (Å²) in [6.45, 7) is 3.50. The first-order chi connectivity index (χ1) is 15.5. The van der Waals surface area contributed by atoms with E-state index in [4.69, 9.17) is 0 Å². The van der Waals surface area contributed by atoms with Gasteiger partial charge in [0.2, 0.25) is 15.9 Å². The topological polar surface area (TPSA) is 108 Å². The number of hydrogen-bond donors (Lipinski definition) is 1. The maximum Gasteiger partial charge on any atom is 0.243 e. The lowest BCUT2D eigenvalue weighted by Gasteiger charge is -2.34. The molecule has 1 fully saturated rings. The minimum Gasteiger partial charge on any atom is -0.352 e. The van der Waals surface area contributed by atoms with E-state index in [1.54, 1.807) is 31.5 Å². The monoisotopic (exact) mass is 452 g/mol. The second-order valence-corrected chi connectivity index (χ2v) is 9.27. The fourth-order valence-corrected chi connectivity index (χ4v) is 4.86. The van der Waals surface area contributed by atoms with E-state index in [0.29, 0.717) is 38.3 Å². The highest BCUT2D eigenvalue weighted by Gasteiger charge is 2.29. The van der Waals surface area contributed by atoms with Crippen LogP contribution in [0.1, 0.15) is 13.3 Å². The Balaban J connectivity index is 1.39. The zero-order chi connectivity index (χ0) is 22.6. The molecule has 1 saturated heterocycles. The molecular weight excluding hydrogens is 428 g/mol. The summed E-state index contributed by atoms with van der Waals surface area (Å²) in [7, 11) is -3.61.